The molecule has 0 saturated carbocycles. The van der Waals surface area contributed by atoms with Crippen LogP contribution in [0.3, 0.4) is 0 Å². The van der Waals surface area contributed by atoms with Crippen LogP contribution in [0.1, 0.15) is 86.5 Å². The molecule has 0 nitrogen and oxygen atoms in total. The molecule has 3 atom stereocenters. The van der Waals surface area contributed by atoms with Crippen molar-refractivity contribution in [3.8, 4) is 0 Å². The minimum Gasteiger partial charge on any atom is -0.0654 e. The average molecular weight is 240 g/mol. The molecule has 0 aliphatic carbocycles. The van der Waals surface area contributed by atoms with Gasteiger partial charge in [-0.3, -0.25) is 0 Å². The second kappa shape index (κ2) is 9.97. The van der Waals surface area contributed by atoms with Crippen molar-refractivity contribution in [2.24, 2.45) is 23.7 Å². The van der Waals surface area contributed by atoms with Crippen LogP contribution < -0.4 is 0 Å². The van der Waals surface area contributed by atoms with Crippen molar-refractivity contribution in [1.29, 1.82) is 0 Å². The van der Waals surface area contributed by atoms with Gasteiger partial charge in [0.15, 0.2) is 0 Å². The third-order valence-corrected chi connectivity index (χ3v) is 4.29. The van der Waals surface area contributed by atoms with Crippen LogP contribution in [0.15, 0.2) is 0 Å². The smallest absolute Gasteiger partial charge is 0.0365 e. The van der Waals surface area contributed by atoms with Crippen molar-refractivity contribution in [3.63, 3.8) is 0 Å². The predicted octanol–water partition coefficient (Wildman–Crippen LogP) is 6.30. The maximum Gasteiger partial charge on any atom is -0.0365 e. The Balaban J connectivity index is 3.97. The van der Waals surface area contributed by atoms with Crippen LogP contribution in [0.4, 0.5) is 0 Å². The largest absolute Gasteiger partial charge is 0.0654 e. The van der Waals surface area contributed by atoms with Crippen LogP contribution in [0.25, 0.3) is 0 Å². The molecule has 104 valence electrons. The molecule has 0 aliphatic rings. The van der Waals surface area contributed by atoms with Crippen LogP contribution in [0.2, 0.25) is 0 Å². The van der Waals surface area contributed by atoms with E-state index in [4.69, 9.17) is 0 Å². The average Bonchev–Trinajstić information content (AvgIpc) is 2.24. The van der Waals surface area contributed by atoms with Crippen molar-refractivity contribution in [2.45, 2.75) is 86.5 Å². The zero-order valence-corrected chi connectivity index (χ0v) is 13.3. The summed E-state index contributed by atoms with van der Waals surface area (Å²) in [6, 6.07) is 0. The van der Waals surface area contributed by atoms with Crippen molar-refractivity contribution in [3.05, 3.63) is 0 Å². The number of hydrogen-bond acceptors (Lipinski definition) is 0. The molecule has 17 heavy (non-hydrogen) atoms. The van der Waals surface area contributed by atoms with Gasteiger partial charge in [0.25, 0.3) is 0 Å². The second-order valence-electron chi connectivity index (χ2n) is 6.51. The highest BCUT2D eigenvalue weighted by Gasteiger charge is 2.22. The summed E-state index contributed by atoms with van der Waals surface area (Å²) in [5.41, 5.74) is 0. The van der Waals surface area contributed by atoms with E-state index in [1.165, 1.54) is 44.9 Å². The second-order valence-corrected chi connectivity index (χ2v) is 6.51. The minimum absolute atomic E-state index is 0.853. The van der Waals surface area contributed by atoms with E-state index in [9.17, 15) is 0 Å². The van der Waals surface area contributed by atoms with Crippen LogP contribution >= 0.6 is 0 Å². The summed E-state index contributed by atoms with van der Waals surface area (Å²) in [7, 11) is 0. The number of hydrogen-bond donors (Lipinski definition) is 0. The zero-order valence-electron chi connectivity index (χ0n) is 13.3. The monoisotopic (exact) mass is 240 g/mol. The molecule has 0 aliphatic heterocycles. The van der Waals surface area contributed by atoms with Gasteiger partial charge < -0.3 is 0 Å². The predicted molar refractivity (Wildman–Crippen MR) is 80.3 cm³/mol. The number of unbranched alkanes of at least 4 members (excludes halogenated alkanes) is 3. The first-order valence-corrected chi connectivity index (χ1v) is 8.02. The Morgan fingerprint density at radius 2 is 1.41 bits per heavy atom. The fourth-order valence-electron chi connectivity index (χ4n) is 3.39. The first-order chi connectivity index (χ1) is 8.02. The molecule has 0 aromatic rings. The Morgan fingerprint density at radius 1 is 0.765 bits per heavy atom. The highest BCUT2D eigenvalue weighted by molar-refractivity contribution is 4.72. The standard InChI is InChI=1S/C17H36/c1-7-9-10-11-12-15(5)17(8-2)16(6)13-14(3)4/h14-17H,7-13H2,1-6H3. The van der Waals surface area contributed by atoms with Crippen molar-refractivity contribution in [1.82, 2.24) is 0 Å². The van der Waals surface area contributed by atoms with E-state index >= 15 is 0 Å². The summed E-state index contributed by atoms with van der Waals surface area (Å²) in [5.74, 6) is 3.62. The molecule has 0 bridgehead atoms. The maximum atomic E-state index is 2.48. The van der Waals surface area contributed by atoms with E-state index in [0.29, 0.717) is 0 Å². The fourth-order valence-corrected chi connectivity index (χ4v) is 3.39. The third-order valence-electron chi connectivity index (χ3n) is 4.29. The molecule has 0 fully saturated rings. The van der Waals surface area contributed by atoms with Crippen molar-refractivity contribution >= 4 is 0 Å². The van der Waals surface area contributed by atoms with Crippen LogP contribution in [0, 0.1) is 23.7 Å². The van der Waals surface area contributed by atoms with E-state index in [1.807, 2.05) is 0 Å². The van der Waals surface area contributed by atoms with E-state index in [-0.39, 0.29) is 0 Å². The van der Waals surface area contributed by atoms with E-state index in [1.54, 1.807) is 0 Å². The molecular weight excluding hydrogens is 204 g/mol. The van der Waals surface area contributed by atoms with Gasteiger partial charge in [0.1, 0.15) is 0 Å². The summed E-state index contributed by atoms with van der Waals surface area (Å²) >= 11 is 0. The van der Waals surface area contributed by atoms with Gasteiger partial charge in [0, 0.05) is 0 Å². The van der Waals surface area contributed by atoms with Crippen LogP contribution in [-0.4, -0.2) is 0 Å². The van der Waals surface area contributed by atoms with Gasteiger partial charge in [0.05, 0.1) is 0 Å². The van der Waals surface area contributed by atoms with E-state index in [0.717, 1.165) is 23.7 Å². The molecule has 0 radical (unpaired) electrons. The third kappa shape index (κ3) is 7.84. The molecule has 0 N–H and O–H groups in total. The fraction of sp³-hybridized carbons (Fsp3) is 1.00. The molecule has 0 heterocycles. The SMILES string of the molecule is CCCCCCC(C)C(CC)C(C)CC(C)C. The van der Waals surface area contributed by atoms with E-state index in [2.05, 4.69) is 41.5 Å². The summed E-state index contributed by atoms with van der Waals surface area (Å²) in [4.78, 5) is 0. The normalized spacial score (nSPS) is 17.1. The lowest BCUT2D eigenvalue weighted by atomic mass is 9.76. The Bertz CT molecular complexity index is 159. The summed E-state index contributed by atoms with van der Waals surface area (Å²) in [5, 5.41) is 0. The Labute approximate surface area is 111 Å². The van der Waals surface area contributed by atoms with Crippen molar-refractivity contribution in [2.75, 3.05) is 0 Å². The van der Waals surface area contributed by atoms with Gasteiger partial charge in [-0.05, 0) is 30.1 Å². The molecule has 0 amide bonds. The lowest BCUT2D eigenvalue weighted by molar-refractivity contribution is 0.206. The molecule has 0 rings (SSSR count). The first-order valence-electron chi connectivity index (χ1n) is 8.02. The quantitative estimate of drug-likeness (QED) is 0.393. The van der Waals surface area contributed by atoms with Crippen molar-refractivity contribution < 1.29 is 0 Å². The molecule has 0 aromatic heterocycles. The van der Waals surface area contributed by atoms with Gasteiger partial charge >= 0.3 is 0 Å². The minimum atomic E-state index is 0.853. The number of rotatable bonds is 10. The highest BCUT2D eigenvalue weighted by Crippen LogP contribution is 2.32. The van der Waals surface area contributed by atoms with Crippen LogP contribution in [-0.2, 0) is 0 Å². The Hall–Kier alpha value is 0. The molecule has 0 aromatic carbocycles. The lowest BCUT2D eigenvalue weighted by Gasteiger charge is -2.30. The first kappa shape index (κ1) is 17.0. The van der Waals surface area contributed by atoms with Crippen LogP contribution in [0.5, 0.6) is 0 Å². The topological polar surface area (TPSA) is 0 Å². The summed E-state index contributed by atoms with van der Waals surface area (Å²) in [6.07, 6.45) is 9.87. The van der Waals surface area contributed by atoms with Gasteiger partial charge in [-0.25, -0.2) is 0 Å². The molecule has 0 spiro atoms. The van der Waals surface area contributed by atoms with Gasteiger partial charge in [0.2, 0.25) is 0 Å². The zero-order chi connectivity index (χ0) is 13.3. The molecule has 0 saturated heterocycles. The Kier molecular flexibility index (Phi) is 9.97. The van der Waals surface area contributed by atoms with Gasteiger partial charge in [-0.15, -0.1) is 0 Å². The van der Waals surface area contributed by atoms with Gasteiger partial charge in [-0.1, -0.05) is 80.1 Å². The maximum absolute atomic E-state index is 2.48. The lowest BCUT2D eigenvalue weighted by Crippen LogP contribution is -2.20. The molecule has 0 heteroatoms. The highest BCUT2D eigenvalue weighted by atomic mass is 14.3. The molecular formula is C17H36. The van der Waals surface area contributed by atoms with Gasteiger partial charge in [-0.2, -0.15) is 0 Å². The summed E-state index contributed by atoms with van der Waals surface area (Å²) in [6.45, 7) is 14.3. The van der Waals surface area contributed by atoms with E-state index < -0.39 is 0 Å². The Morgan fingerprint density at radius 3 is 1.88 bits per heavy atom. The summed E-state index contributed by atoms with van der Waals surface area (Å²) < 4.78 is 0. The molecule has 3 unspecified atom stereocenters.